The number of hydrogen-bond acceptors (Lipinski definition) is 4. The van der Waals surface area contributed by atoms with Crippen molar-refractivity contribution in [2.75, 3.05) is 43.2 Å². The summed E-state index contributed by atoms with van der Waals surface area (Å²) in [7, 11) is 1.75. The molecule has 2 aromatic rings. The van der Waals surface area contributed by atoms with Gasteiger partial charge in [0.1, 0.15) is 5.82 Å². The van der Waals surface area contributed by atoms with Crippen LogP contribution in [0.25, 0.3) is 0 Å². The number of morpholine rings is 1. The molecule has 7 heteroatoms. The van der Waals surface area contributed by atoms with Crippen LogP contribution < -0.4 is 9.80 Å². The number of aromatic nitrogens is 1. The molecule has 0 atom stereocenters. The summed E-state index contributed by atoms with van der Waals surface area (Å²) >= 11 is 0. The maximum Gasteiger partial charge on any atom is 0.416 e. The second-order valence-corrected chi connectivity index (χ2v) is 5.98. The van der Waals surface area contributed by atoms with Crippen LogP contribution in [0.15, 0.2) is 42.6 Å². The van der Waals surface area contributed by atoms with Crippen LogP contribution in [0.2, 0.25) is 0 Å². The second kappa shape index (κ2) is 7.31. The van der Waals surface area contributed by atoms with Crippen molar-refractivity contribution in [3.63, 3.8) is 0 Å². The highest BCUT2D eigenvalue weighted by atomic mass is 19.4. The lowest BCUT2D eigenvalue weighted by atomic mass is 10.1. The Kier molecular flexibility index (Phi) is 5.13. The van der Waals surface area contributed by atoms with Gasteiger partial charge in [0.25, 0.3) is 0 Å². The van der Waals surface area contributed by atoms with Crippen molar-refractivity contribution < 1.29 is 17.9 Å². The Morgan fingerprint density at radius 1 is 1.16 bits per heavy atom. The van der Waals surface area contributed by atoms with E-state index in [1.165, 1.54) is 6.20 Å². The Bertz CT molecular complexity index is 715. The Labute approximate surface area is 144 Å². The highest BCUT2D eigenvalue weighted by Gasteiger charge is 2.31. The van der Waals surface area contributed by atoms with Crippen LogP contribution in [0.1, 0.15) is 11.1 Å². The van der Waals surface area contributed by atoms with Gasteiger partial charge in [0, 0.05) is 38.6 Å². The average molecular weight is 351 g/mol. The minimum Gasteiger partial charge on any atom is -0.378 e. The lowest BCUT2D eigenvalue weighted by molar-refractivity contribution is -0.137. The fraction of sp³-hybridized carbons (Fsp3) is 0.389. The number of para-hydroxylation sites is 1. The van der Waals surface area contributed by atoms with Gasteiger partial charge in [-0.15, -0.1) is 0 Å². The third kappa shape index (κ3) is 4.22. The number of benzene rings is 1. The molecule has 0 bridgehead atoms. The van der Waals surface area contributed by atoms with Gasteiger partial charge in [-0.2, -0.15) is 13.2 Å². The van der Waals surface area contributed by atoms with E-state index in [0.29, 0.717) is 25.6 Å². The first-order chi connectivity index (χ1) is 11.9. The maximum absolute atomic E-state index is 12.9. The minimum absolute atomic E-state index is 0.298. The van der Waals surface area contributed by atoms with E-state index in [9.17, 15) is 13.2 Å². The van der Waals surface area contributed by atoms with E-state index < -0.39 is 11.7 Å². The van der Waals surface area contributed by atoms with Gasteiger partial charge in [-0.1, -0.05) is 18.2 Å². The number of anilines is 2. The van der Waals surface area contributed by atoms with Crippen LogP contribution in [0.3, 0.4) is 0 Å². The monoisotopic (exact) mass is 351 g/mol. The van der Waals surface area contributed by atoms with Gasteiger partial charge in [0.15, 0.2) is 0 Å². The van der Waals surface area contributed by atoms with Crippen molar-refractivity contribution in [2.45, 2.75) is 12.7 Å². The van der Waals surface area contributed by atoms with E-state index in [1.54, 1.807) is 11.9 Å². The number of pyridine rings is 1. The highest BCUT2D eigenvalue weighted by molar-refractivity contribution is 5.55. The molecule has 0 N–H and O–H groups in total. The Morgan fingerprint density at radius 2 is 1.88 bits per heavy atom. The molecule has 0 unspecified atom stereocenters. The molecule has 1 fully saturated rings. The number of ether oxygens (including phenoxy) is 1. The predicted molar refractivity (Wildman–Crippen MR) is 90.8 cm³/mol. The SMILES string of the molecule is CN(Cc1ccccc1N1CCOCC1)c1cc(C(F)(F)F)ccn1. The number of hydrogen-bond donors (Lipinski definition) is 0. The smallest absolute Gasteiger partial charge is 0.378 e. The topological polar surface area (TPSA) is 28.6 Å². The molecule has 4 nitrogen and oxygen atoms in total. The molecule has 0 aliphatic carbocycles. The Hall–Kier alpha value is -2.28. The van der Waals surface area contributed by atoms with Gasteiger partial charge < -0.3 is 14.5 Å². The summed E-state index contributed by atoms with van der Waals surface area (Å²) in [5.74, 6) is 0.298. The molecule has 25 heavy (non-hydrogen) atoms. The molecule has 0 spiro atoms. The van der Waals surface area contributed by atoms with Gasteiger partial charge in [-0.05, 0) is 23.8 Å². The molecule has 3 rings (SSSR count). The summed E-state index contributed by atoms with van der Waals surface area (Å²) in [6.45, 7) is 3.45. The van der Waals surface area contributed by atoms with Crippen molar-refractivity contribution in [1.82, 2.24) is 4.98 Å². The van der Waals surface area contributed by atoms with Crippen molar-refractivity contribution in [1.29, 1.82) is 0 Å². The van der Waals surface area contributed by atoms with E-state index in [0.717, 1.165) is 36.5 Å². The van der Waals surface area contributed by atoms with Crippen molar-refractivity contribution in [2.24, 2.45) is 0 Å². The largest absolute Gasteiger partial charge is 0.416 e. The third-order valence-electron chi connectivity index (χ3n) is 4.21. The normalized spacial score (nSPS) is 15.3. The first-order valence-electron chi connectivity index (χ1n) is 8.10. The van der Waals surface area contributed by atoms with Gasteiger partial charge in [-0.25, -0.2) is 4.98 Å². The van der Waals surface area contributed by atoms with Gasteiger partial charge in [-0.3, -0.25) is 0 Å². The molecule has 1 aliphatic heterocycles. The molecule has 2 heterocycles. The fourth-order valence-corrected chi connectivity index (χ4v) is 2.90. The molecule has 0 saturated carbocycles. The predicted octanol–water partition coefficient (Wildman–Crippen LogP) is 3.57. The molecule has 1 aromatic carbocycles. The van der Waals surface area contributed by atoms with Crippen LogP contribution in [-0.4, -0.2) is 38.3 Å². The molecule has 1 aliphatic rings. The first kappa shape index (κ1) is 17.5. The highest BCUT2D eigenvalue weighted by Crippen LogP contribution is 2.31. The number of halogens is 3. The standard InChI is InChI=1S/C18H20F3N3O/c1-23(17-12-15(6-7-22-17)18(19,20)21)13-14-4-2-3-5-16(14)24-8-10-25-11-9-24/h2-7,12H,8-11,13H2,1H3. The Morgan fingerprint density at radius 3 is 2.60 bits per heavy atom. The Balaban J connectivity index is 1.80. The zero-order valence-corrected chi connectivity index (χ0v) is 14.0. The number of nitrogens with zero attached hydrogens (tertiary/aromatic N) is 3. The van der Waals surface area contributed by atoms with Crippen LogP contribution in [0.4, 0.5) is 24.7 Å². The molecule has 0 radical (unpaired) electrons. The molecule has 1 aromatic heterocycles. The third-order valence-corrected chi connectivity index (χ3v) is 4.21. The molecular formula is C18H20F3N3O. The van der Waals surface area contributed by atoms with Crippen LogP contribution in [0, 0.1) is 0 Å². The summed E-state index contributed by atoms with van der Waals surface area (Å²) in [6.07, 6.45) is -3.17. The summed E-state index contributed by atoms with van der Waals surface area (Å²) in [5.41, 5.74) is 1.45. The van der Waals surface area contributed by atoms with E-state index in [1.807, 2.05) is 24.3 Å². The number of alkyl halides is 3. The van der Waals surface area contributed by atoms with Crippen molar-refractivity contribution in [3.8, 4) is 0 Å². The van der Waals surface area contributed by atoms with Crippen LogP contribution in [0.5, 0.6) is 0 Å². The van der Waals surface area contributed by atoms with E-state index >= 15 is 0 Å². The van der Waals surface area contributed by atoms with E-state index in [-0.39, 0.29) is 0 Å². The molecule has 134 valence electrons. The van der Waals surface area contributed by atoms with Gasteiger partial charge >= 0.3 is 6.18 Å². The second-order valence-electron chi connectivity index (χ2n) is 5.98. The minimum atomic E-state index is -4.37. The fourth-order valence-electron chi connectivity index (χ4n) is 2.90. The van der Waals surface area contributed by atoms with Crippen LogP contribution in [-0.2, 0) is 17.5 Å². The summed E-state index contributed by atoms with van der Waals surface area (Å²) in [5, 5.41) is 0. The van der Waals surface area contributed by atoms with Crippen molar-refractivity contribution in [3.05, 3.63) is 53.7 Å². The van der Waals surface area contributed by atoms with E-state index in [2.05, 4.69) is 9.88 Å². The lowest BCUT2D eigenvalue weighted by Gasteiger charge is -2.31. The van der Waals surface area contributed by atoms with E-state index in [4.69, 9.17) is 4.74 Å². The number of rotatable bonds is 4. The van der Waals surface area contributed by atoms with Crippen molar-refractivity contribution >= 4 is 11.5 Å². The molecule has 0 amide bonds. The first-order valence-corrected chi connectivity index (χ1v) is 8.10. The quantitative estimate of drug-likeness (QED) is 0.842. The summed E-state index contributed by atoms with van der Waals surface area (Å²) in [4.78, 5) is 8.06. The van der Waals surface area contributed by atoms with Gasteiger partial charge in [0.05, 0.1) is 18.8 Å². The average Bonchev–Trinajstić information content (AvgIpc) is 2.62. The van der Waals surface area contributed by atoms with Crippen LogP contribution >= 0.6 is 0 Å². The lowest BCUT2D eigenvalue weighted by Crippen LogP contribution is -2.37. The molecular weight excluding hydrogens is 331 g/mol. The summed E-state index contributed by atoms with van der Waals surface area (Å²) in [6, 6.07) is 10.0. The maximum atomic E-state index is 12.9. The zero-order chi connectivity index (χ0) is 17.9. The molecule has 1 saturated heterocycles. The zero-order valence-electron chi connectivity index (χ0n) is 14.0. The van der Waals surface area contributed by atoms with Gasteiger partial charge in [0.2, 0.25) is 0 Å². The summed E-state index contributed by atoms with van der Waals surface area (Å²) < 4.78 is 44.1.